The molecule has 0 aliphatic heterocycles. The first-order chi connectivity index (χ1) is 11.8. The number of nitrogens with zero attached hydrogens (tertiary/aromatic N) is 2. The van der Waals surface area contributed by atoms with E-state index in [2.05, 4.69) is 14.9 Å². The Hall–Kier alpha value is -2.29. The number of halogens is 5. The lowest BCUT2D eigenvalue weighted by atomic mass is 10.1. The van der Waals surface area contributed by atoms with E-state index >= 15 is 0 Å². The highest BCUT2D eigenvalue weighted by Gasteiger charge is 2.44. The van der Waals surface area contributed by atoms with Crippen molar-refractivity contribution in [2.75, 3.05) is 10.8 Å². The highest BCUT2D eigenvalue weighted by molar-refractivity contribution is 6.29. The molecule has 5 nitrogen and oxygen atoms in total. The molecule has 0 fully saturated rings. The fourth-order valence-electron chi connectivity index (χ4n) is 2.16. The van der Waals surface area contributed by atoms with Crippen molar-refractivity contribution in [3.8, 4) is 5.75 Å². The predicted molar refractivity (Wildman–Crippen MR) is 83.3 cm³/mol. The minimum atomic E-state index is -4.70. The molecule has 1 aromatic heterocycles. The molecule has 0 spiro atoms. The first kappa shape index (κ1) is 19.0. The fraction of sp³-hybridized carbons (Fsp3) is 0.333. The Bertz CT molecular complexity index is 726. The number of benzene rings is 1. The van der Waals surface area contributed by atoms with E-state index in [0.29, 0.717) is 11.3 Å². The summed E-state index contributed by atoms with van der Waals surface area (Å²) in [6, 6.07) is 5.54. The number of amides is 1. The molecule has 25 heavy (non-hydrogen) atoms. The monoisotopic (exact) mass is 379 g/mol. The maximum Gasteiger partial charge on any atom is 0.461 e. The first-order valence-corrected chi connectivity index (χ1v) is 7.59. The number of ether oxygens (including phenoxy) is 1. The third kappa shape index (κ3) is 4.41. The minimum absolute atomic E-state index is 0.0727. The number of carbonyl (C=O) groups excluding carboxylic acids is 1. The zero-order chi connectivity index (χ0) is 18.6. The summed E-state index contributed by atoms with van der Waals surface area (Å²) in [6.45, 7) is 1.43. The van der Waals surface area contributed by atoms with Crippen molar-refractivity contribution < 1.29 is 27.1 Å². The van der Waals surface area contributed by atoms with Gasteiger partial charge in [0.05, 0.1) is 17.9 Å². The molecule has 0 atom stereocenters. The summed E-state index contributed by atoms with van der Waals surface area (Å²) in [5.41, 5.74) is 0.723. The van der Waals surface area contributed by atoms with Gasteiger partial charge >= 0.3 is 12.5 Å². The van der Waals surface area contributed by atoms with Gasteiger partial charge in [-0.1, -0.05) is 12.1 Å². The van der Waals surface area contributed by atoms with Crippen LogP contribution in [0.25, 0.3) is 0 Å². The number of para-hydroxylation sites is 1. The molecule has 136 valence electrons. The molecule has 1 aromatic carbocycles. The molecule has 0 bridgehead atoms. The Labute approximate surface area is 145 Å². The van der Waals surface area contributed by atoms with Crippen molar-refractivity contribution >= 4 is 23.2 Å². The molecule has 0 aliphatic carbocycles. The quantitative estimate of drug-likeness (QED) is 0.589. The van der Waals surface area contributed by atoms with Gasteiger partial charge in [0.25, 0.3) is 0 Å². The van der Waals surface area contributed by atoms with Gasteiger partial charge in [-0.3, -0.25) is 9.89 Å². The second kappa shape index (κ2) is 7.73. The molecule has 0 unspecified atom stereocenters. The number of aryl methyl sites for hydroxylation is 1. The Morgan fingerprint density at radius 3 is 2.68 bits per heavy atom. The highest BCUT2D eigenvalue weighted by atomic mass is 35.5. The average Bonchev–Trinajstić information content (AvgIpc) is 3.05. The normalized spacial score (nSPS) is 11.6. The van der Waals surface area contributed by atoms with Crippen molar-refractivity contribution in [3.63, 3.8) is 0 Å². The van der Waals surface area contributed by atoms with Gasteiger partial charge in [-0.2, -0.15) is 22.7 Å². The smallest absolute Gasteiger partial charge is 0.426 e. The Kier molecular flexibility index (Phi) is 5.89. The van der Waals surface area contributed by atoms with Gasteiger partial charge < -0.3 is 9.64 Å². The van der Waals surface area contributed by atoms with Crippen LogP contribution in [0.4, 0.5) is 23.2 Å². The van der Waals surface area contributed by atoms with Crippen LogP contribution >= 0.6 is 11.6 Å². The predicted octanol–water partition coefficient (Wildman–Crippen LogP) is 3.73. The number of aromatic nitrogens is 2. The summed E-state index contributed by atoms with van der Waals surface area (Å²) in [7, 11) is 0. The summed E-state index contributed by atoms with van der Waals surface area (Å²) < 4.78 is 55.9. The largest absolute Gasteiger partial charge is 0.461 e. The standard InChI is InChI=1S/C15H14ClF4N3O2/c1-9-3-2-4-11(25-15(19,20)14(17)18)13(9)23(12(24)7-16)8-10-5-6-21-22-10/h2-6,14H,7-8H2,1H3,(H,21,22). The van der Waals surface area contributed by atoms with E-state index < -0.39 is 30.1 Å². The molecule has 1 amide bonds. The van der Waals surface area contributed by atoms with E-state index in [4.69, 9.17) is 11.6 Å². The van der Waals surface area contributed by atoms with Gasteiger partial charge in [0, 0.05) is 6.20 Å². The van der Waals surface area contributed by atoms with Gasteiger partial charge in [0.1, 0.15) is 5.88 Å². The second-order valence-electron chi connectivity index (χ2n) is 5.07. The van der Waals surface area contributed by atoms with Crippen molar-refractivity contribution in [3.05, 3.63) is 41.7 Å². The molecule has 2 aromatic rings. The summed E-state index contributed by atoms with van der Waals surface area (Å²) >= 11 is 5.60. The molecule has 0 saturated heterocycles. The summed E-state index contributed by atoms with van der Waals surface area (Å²) in [5.74, 6) is -1.62. The average molecular weight is 380 g/mol. The number of carbonyl (C=O) groups is 1. The fourth-order valence-corrected chi connectivity index (χ4v) is 2.30. The molecule has 0 saturated carbocycles. The zero-order valence-corrected chi connectivity index (χ0v) is 13.7. The third-order valence-corrected chi connectivity index (χ3v) is 3.49. The highest BCUT2D eigenvalue weighted by Crippen LogP contribution is 2.37. The second-order valence-corrected chi connectivity index (χ2v) is 5.33. The number of alkyl halides is 5. The van der Waals surface area contributed by atoms with E-state index in [9.17, 15) is 22.4 Å². The summed E-state index contributed by atoms with van der Waals surface area (Å²) in [5, 5.41) is 6.44. The number of rotatable bonds is 7. The van der Waals surface area contributed by atoms with Gasteiger partial charge in [-0.15, -0.1) is 11.6 Å². The van der Waals surface area contributed by atoms with Crippen molar-refractivity contribution in [1.29, 1.82) is 0 Å². The van der Waals surface area contributed by atoms with E-state index in [1.54, 1.807) is 6.07 Å². The molecular formula is C15H14ClF4N3O2. The maximum atomic E-state index is 13.3. The van der Waals surface area contributed by atoms with E-state index in [0.717, 1.165) is 11.0 Å². The Morgan fingerprint density at radius 2 is 2.12 bits per heavy atom. The first-order valence-electron chi connectivity index (χ1n) is 7.06. The SMILES string of the molecule is Cc1cccc(OC(F)(F)C(F)F)c1N(Cc1cc[nH]n1)C(=O)CCl. The number of aromatic amines is 1. The van der Waals surface area contributed by atoms with E-state index in [-0.39, 0.29) is 12.2 Å². The summed E-state index contributed by atoms with van der Waals surface area (Å²) in [4.78, 5) is 13.3. The molecule has 2 rings (SSSR count). The van der Waals surface area contributed by atoms with Crippen LogP contribution in [0, 0.1) is 6.92 Å². The molecule has 1 N–H and O–H groups in total. The Morgan fingerprint density at radius 1 is 1.40 bits per heavy atom. The molecule has 0 aliphatic rings. The van der Waals surface area contributed by atoms with Crippen LogP contribution in [-0.2, 0) is 11.3 Å². The summed E-state index contributed by atoms with van der Waals surface area (Å²) in [6.07, 6.45) is -7.21. The molecule has 10 heteroatoms. The lowest BCUT2D eigenvalue weighted by Crippen LogP contribution is -2.36. The van der Waals surface area contributed by atoms with Crippen LogP contribution in [0.15, 0.2) is 30.5 Å². The van der Waals surface area contributed by atoms with Crippen LogP contribution in [0.3, 0.4) is 0 Å². The van der Waals surface area contributed by atoms with Crippen LogP contribution in [0.5, 0.6) is 5.75 Å². The van der Waals surface area contributed by atoms with Crippen LogP contribution in [0.2, 0.25) is 0 Å². The van der Waals surface area contributed by atoms with Crippen LogP contribution in [-0.4, -0.2) is 34.5 Å². The lowest BCUT2D eigenvalue weighted by Gasteiger charge is -2.27. The van der Waals surface area contributed by atoms with E-state index in [1.807, 2.05) is 0 Å². The number of H-pyrrole nitrogens is 1. The number of hydrogen-bond donors (Lipinski definition) is 1. The van der Waals surface area contributed by atoms with Crippen molar-refractivity contribution in [2.24, 2.45) is 0 Å². The van der Waals surface area contributed by atoms with Crippen LogP contribution < -0.4 is 9.64 Å². The van der Waals surface area contributed by atoms with Crippen molar-refractivity contribution in [1.82, 2.24) is 10.2 Å². The van der Waals surface area contributed by atoms with Crippen LogP contribution in [0.1, 0.15) is 11.3 Å². The lowest BCUT2D eigenvalue weighted by molar-refractivity contribution is -0.253. The van der Waals surface area contributed by atoms with Gasteiger partial charge in [0.2, 0.25) is 5.91 Å². The van der Waals surface area contributed by atoms with Gasteiger partial charge in [0.15, 0.2) is 5.75 Å². The van der Waals surface area contributed by atoms with E-state index in [1.165, 1.54) is 25.3 Å². The van der Waals surface area contributed by atoms with Gasteiger partial charge in [-0.05, 0) is 24.6 Å². The number of hydrogen-bond acceptors (Lipinski definition) is 3. The third-order valence-electron chi connectivity index (χ3n) is 3.26. The van der Waals surface area contributed by atoms with Gasteiger partial charge in [-0.25, -0.2) is 0 Å². The number of nitrogens with one attached hydrogen (secondary N) is 1. The maximum absolute atomic E-state index is 13.3. The molecule has 1 heterocycles. The Balaban J connectivity index is 2.47. The molecule has 0 radical (unpaired) electrons. The zero-order valence-electron chi connectivity index (χ0n) is 13.0. The molecular weight excluding hydrogens is 366 g/mol. The minimum Gasteiger partial charge on any atom is -0.426 e. The van der Waals surface area contributed by atoms with Crippen molar-refractivity contribution in [2.45, 2.75) is 26.0 Å². The topological polar surface area (TPSA) is 58.2 Å². The number of anilines is 1.